The number of likely N-dealkylation sites (tertiary alicyclic amines) is 1. The van der Waals surface area contributed by atoms with E-state index in [1.807, 2.05) is 0 Å². The Hall–Kier alpha value is -0.580. The SMILES string of the molecule is CCC(C)CC(=O)N1CC2(C1)CS(=O)(=O)C2. The van der Waals surface area contributed by atoms with Crippen molar-refractivity contribution < 1.29 is 13.2 Å². The third kappa shape index (κ3) is 2.10. The number of rotatable bonds is 3. The predicted octanol–water partition coefficient (Wildman–Crippen LogP) is 0.680. The Bertz CT molecular complexity index is 381. The van der Waals surface area contributed by atoms with Crippen LogP contribution in [0.2, 0.25) is 0 Å². The molecule has 0 bridgehead atoms. The molecule has 2 aliphatic heterocycles. The van der Waals surface area contributed by atoms with E-state index in [4.69, 9.17) is 0 Å². The summed E-state index contributed by atoms with van der Waals surface area (Å²) in [5.74, 6) is 1.18. The topological polar surface area (TPSA) is 54.5 Å². The van der Waals surface area contributed by atoms with Crippen molar-refractivity contribution in [2.45, 2.75) is 26.7 Å². The molecule has 2 aliphatic rings. The van der Waals surface area contributed by atoms with Crippen LogP contribution in [0.3, 0.4) is 0 Å². The van der Waals surface area contributed by atoms with E-state index in [-0.39, 0.29) is 22.8 Å². The van der Waals surface area contributed by atoms with Crippen LogP contribution in [0, 0.1) is 11.3 Å². The van der Waals surface area contributed by atoms with E-state index in [2.05, 4.69) is 13.8 Å². The lowest BCUT2D eigenvalue weighted by atomic mass is 9.82. The fourth-order valence-electron chi connectivity index (χ4n) is 2.58. The molecule has 1 unspecified atom stereocenters. The van der Waals surface area contributed by atoms with Crippen molar-refractivity contribution in [3.8, 4) is 0 Å². The highest BCUT2D eigenvalue weighted by Crippen LogP contribution is 2.41. The first-order valence-electron chi connectivity index (χ1n) is 5.84. The van der Waals surface area contributed by atoms with Gasteiger partial charge in [0, 0.05) is 24.9 Å². The molecule has 4 nitrogen and oxygen atoms in total. The molecule has 92 valence electrons. The van der Waals surface area contributed by atoms with E-state index in [0.717, 1.165) is 6.42 Å². The van der Waals surface area contributed by atoms with Crippen LogP contribution in [-0.4, -0.2) is 43.8 Å². The third-order valence-electron chi connectivity index (χ3n) is 3.68. The smallest absolute Gasteiger partial charge is 0.222 e. The number of amides is 1. The fraction of sp³-hybridized carbons (Fsp3) is 0.909. The lowest BCUT2D eigenvalue weighted by Crippen LogP contribution is -2.69. The van der Waals surface area contributed by atoms with Gasteiger partial charge >= 0.3 is 0 Å². The van der Waals surface area contributed by atoms with Gasteiger partial charge in [-0.2, -0.15) is 0 Å². The third-order valence-corrected chi connectivity index (χ3v) is 5.78. The summed E-state index contributed by atoms with van der Waals surface area (Å²) in [6.45, 7) is 5.46. The number of carbonyl (C=O) groups excluding carboxylic acids is 1. The summed E-state index contributed by atoms with van der Waals surface area (Å²) in [5.41, 5.74) is -0.0655. The molecule has 0 radical (unpaired) electrons. The molecule has 1 spiro atoms. The second-order valence-corrected chi connectivity index (χ2v) is 7.56. The van der Waals surface area contributed by atoms with Gasteiger partial charge in [0.2, 0.25) is 5.91 Å². The highest BCUT2D eigenvalue weighted by molar-refractivity contribution is 7.92. The predicted molar refractivity (Wildman–Crippen MR) is 61.7 cm³/mol. The van der Waals surface area contributed by atoms with Gasteiger partial charge in [0.1, 0.15) is 0 Å². The van der Waals surface area contributed by atoms with Crippen LogP contribution in [0.4, 0.5) is 0 Å². The molecule has 1 atom stereocenters. The standard InChI is InChI=1S/C11H19NO3S/c1-3-9(2)4-10(13)12-5-11(6-12)7-16(14,15)8-11/h9H,3-8H2,1-2H3. The lowest BCUT2D eigenvalue weighted by Gasteiger charge is -2.54. The molecule has 16 heavy (non-hydrogen) atoms. The molecule has 2 rings (SSSR count). The van der Waals surface area contributed by atoms with Crippen molar-refractivity contribution in [3.63, 3.8) is 0 Å². The van der Waals surface area contributed by atoms with Crippen LogP contribution in [0.15, 0.2) is 0 Å². The van der Waals surface area contributed by atoms with Gasteiger partial charge in [0.15, 0.2) is 9.84 Å². The van der Waals surface area contributed by atoms with Gasteiger partial charge in [-0.1, -0.05) is 20.3 Å². The zero-order chi connectivity index (χ0) is 12.0. The monoisotopic (exact) mass is 245 g/mol. The van der Waals surface area contributed by atoms with Crippen LogP contribution >= 0.6 is 0 Å². The van der Waals surface area contributed by atoms with Crippen molar-refractivity contribution >= 4 is 15.7 Å². The van der Waals surface area contributed by atoms with Gasteiger partial charge in [-0.3, -0.25) is 4.79 Å². The molecular weight excluding hydrogens is 226 g/mol. The molecule has 0 aliphatic carbocycles. The molecule has 0 saturated carbocycles. The van der Waals surface area contributed by atoms with Gasteiger partial charge in [-0.25, -0.2) is 8.42 Å². The Balaban J connectivity index is 1.79. The van der Waals surface area contributed by atoms with E-state index < -0.39 is 9.84 Å². The van der Waals surface area contributed by atoms with Gasteiger partial charge in [-0.15, -0.1) is 0 Å². The molecule has 2 saturated heterocycles. The number of carbonyl (C=O) groups is 1. The first-order chi connectivity index (χ1) is 7.36. The lowest BCUT2D eigenvalue weighted by molar-refractivity contribution is -0.142. The fourth-order valence-corrected chi connectivity index (χ4v) is 4.73. The van der Waals surface area contributed by atoms with Crippen molar-refractivity contribution in [1.82, 2.24) is 4.90 Å². The minimum atomic E-state index is -2.76. The Morgan fingerprint density at radius 2 is 1.94 bits per heavy atom. The summed E-state index contributed by atoms with van der Waals surface area (Å²) in [6.07, 6.45) is 1.61. The normalized spacial score (nSPS) is 27.0. The molecule has 0 aromatic heterocycles. The summed E-state index contributed by atoms with van der Waals surface area (Å²) >= 11 is 0. The Morgan fingerprint density at radius 3 is 2.38 bits per heavy atom. The molecule has 1 amide bonds. The maximum Gasteiger partial charge on any atom is 0.222 e. The number of nitrogens with zero attached hydrogens (tertiary/aromatic N) is 1. The highest BCUT2D eigenvalue weighted by Gasteiger charge is 2.56. The van der Waals surface area contributed by atoms with Crippen LogP contribution in [0.1, 0.15) is 26.7 Å². The minimum absolute atomic E-state index is 0.0655. The van der Waals surface area contributed by atoms with Crippen molar-refractivity contribution in [2.24, 2.45) is 11.3 Å². The van der Waals surface area contributed by atoms with E-state index in [1.54, 1.807) is 4.90 Å². The average Bonchev–Trinajstić information content (AvgIpc) is 2.09. The summed E-state index contributed by atoms with van der Waals surface area (Å²) < 4.78 is 22.2. The molecular formula is C11H19NO3S. The van der Waals surface area contributed by atoms with Crippen LogP contribution in [0.5, 0.6) is 0 Å². The van der Waals surface area contributed by atoms with Crippen molar-refractivity contribution in [1.29, 1.82) is 0 Å². The van der Waals surface area contributed by atoms with Gasteiger partial charge < -0.3 is 4.90 Å². The Labute approximate surface area is 96.9 Å². The molecule has 0 N–H and O–H groups in total. The highest BCUT2D eigenvalue weighted by atomic mass is 32.2. The Kier molecular flexibility index (Phi) is 2.77. The molecule has 0 aromatic carbocycles. The maximum absolute atomic E-state index is 11.8. The Morgan fingerprint density at radius 1 is 1.38 bits per heavy atom. The number of hydrogen-bond acceptors (Lipinski definition) is 3. The summed E-state index contributed by atoms with van der Waals surface area (Å²) in [5, 5.41) is 0. The molecule has 0 aromatic rings. The molecule has 5 heteroatoms. The summed E-state index contributed by atoms with van der Waals surface area (Å²) in [7, 11) is -2.76. The maximum atomic E-state index is 11.8. The van der Waals surface area contributed by atoms with Gasteiger partial charge in [0.05, 0.1) is 11.5 Å². The van der Waals surface area contributed by atoms with Crippen LogP contribution in [0.25, 0.3) is 0 Å². The minimum Gasteiger partial charge on any atom is -0.341 e. The zero-order valence-electron chi connectivity index (χ0n) is 9.90. The average molecular weight is 245 g/mol. The van der Waals surface area contributed by atoms with E-state index in [0.29, 0.717) is 25.4 Å². The number of sulfone groups is 1. The number of hydrogen-bond donors (Lipinski definition) is 0. The first kappa shape index (κ1) is 11.9. The zero-order valence-corrected chi connectivity index (χ0v) is 10.7. The van der Waals surface area contributed by atoms with Crippen LogP contribution < -0.4 is 0 Å². The molecule has 2 heterocycles. The van der Waals surface area contributed by atoms with Crippen molar-refractivity contribution in [2.75, 3.05) is 24.6 Å². The quantitative estimate of drug-likeness (QED) is 0.734. The van der Waals surface area contributed by atoms with E-state index in [1.165, 1.54) is 0 Å². The summed E-state index contributed by atoms with van der Waals surface area (Å²) in [6, 6.07) is 0. The first-order valence-corrected chi connectivity index (χ1v) is 7.66. The molecule has 2 fully saturated rings. The van der Waals surface area contributed by atoms with E-state index in [9.17, 15) is 13.2 Å². The van der Waals surface area contributed by atoms with E-state index >= 15 is 0 Å². The van der Waals surface area contributed by atoms with Gasteiger partial charge in [0.25, 0.3) is 0 Å². The van der Waals surface area contributed by atoms with Crippen molar-refractivity contribution in [3.05, 3.63) is 0 Å². The second-order valence-electron chi connectivity index (χ2n) is 5.50. The van der Waals surface area contributed by atoms with Crippen LogP contribution in [-0.2, 0) is 14.6 Å². The largest absolute Gasteiger partial charge is 0.341 e. The second kappa shape index (κ2) is 3.72. The summed E-state index contributed by atoms with van der Waals surface area (Å²) in [4.78, 5) is 13.6. The van der Waals surface area contributed by atoms with Gasteiger partial charge in [-0.05, 0) is 5.92 Å².